The van der Waals surface area contributed by atoms with Crippen molar-refractivity contribution in [2.75, 3.05) is 7.05 Å². The highest BCUT2D eigenvalue weighted by atomic mass is 16.5. The first-order chi connectivity index (χ1) is 5.78. The summed E-state index contributed by atoms with van der Waals surface area (Å²) < 4.78 is 5.51. The lowest BCUT2D eigenvalue weighted by Gasteiger charge is -2.28. The van der Waals surface area contributed by atoms with Crippen molar-refractivity contribution in [2.45, 2.75) is 45.4 Å². The second-order valence-corrected chi connectivity index (χ2v) is 4.04. The zero-order valence-corrected chi connectivity index (χ0v) is 8.92. The summed E-state index contributed by atoms with van der Waals surface area (Å²) in [7, 11) is 1.61. The monoisotopic (exact) mass is 189 g/mol. The number of carboxylic acids is 1. The summed E-state index contributed by atoms with van der Waals surface area (Å²) in [4.78, 5) is 10.7. The number of carbonyl (C=O) groups is 1. The molecule has 0 aromatic rings. The van der Waals surface area contributed by atoms with Crippen LogP contribution in [0.2, 0.25) is 0 Å². The highest BCUT2D eigenvalue weighted by molar-refractivity contribution is 5.74. The summed E-state index contributed by atoms with van der Waals surface area (Å²) in [6, 6.07) is -0.653. The van der Waals surface area contributed by atoms with Crippen molar-refractivity contribution in [1.29, 1.82) is 0 Å². The predicted molar refractivity (Wildman–Crippen MR) is 50.8 cm³/mol. The zero-order valence-electron chi connectivity index (χ0n) is 8.92. The molecule has 1 unspecified atom stereocenters. The minimum Gasteiger partial charge on any atom is -0.480 e. The molecule has 0 heterocycles. The van der Waals surface area contributed by atoms with Crippen LogP contribution in [0.3, 0.4) is 0 Å². The number of hydrogen-bond acceptors (Lipinski definition) is 3. The molecule has 0 amide bonds. The van der Waals surface area contributed by atoms with Gasteiger partial charge in [-0.25, -0.2) is 0 Å². The van der Waals surface area contributed by atoms with Gasteiger partial charge in [-0.05, 0) is 34.7 Å². The Morgan fingerprint density at radius 1 is 1.46 bits per heavy atom. The summed E-state index contributed by atoms with van der Waals surface area (Å²) >= 11 is 0. The highest BCUT2D eigenvalue weighted by Gasteiger charge is 2.27. The predicted octanol–water partition coefficient (Wildman–Crippen LogP) is 0.863. The summed E-state index contributed by atoms with van der Waals surface area (Å²) in [6.07, 6.45) is -0.345. The fourth-order valence-corrected chi connectivity index (χ4v) is 1.18. The number of likely N-dealkylation sites (N-methyl/N-ethyl adjacent to an activating group) is 1. The van der Waals surface area contributed by atoms with Gasteiger partial charge in [-0.15, -0.1) is 0 Å². The molecule has 0 aromatic heterocycles. The first kappa shape index (κ1) is 12.4. The van der Waals surface area contributed by atoms with Gasteiger partial charge < -0.3 is 15.2 Å². The molecule has 0 aliphatic rings. The number of ether oxygens (including phenoxy) is 1. The van der Waals surface area contributed by atoms with E-state index < -0.39 is 12.0 Å². The molecule has 0 saturated carbocycles. The van der Waals surface area contributed by atoms with E-state index in [0.717, 1.165) is 0 Å². The van der Waals surface area contributed by atoms with Crippen LogP contribution in [-0.2, 0) is 9.53 Å². The molecular weight excluding hydrogens is 170 g/mol. The van der Waals surface area contributed by atoms with Crippen molar-refractivity contribution in [2.24, 2.45) is 0 Å². The Morgan fingerprint density at radius 2 is 1.92 bits per heavy atom. The molecule has 0 bridgehead atoms. The average molecular weight is 189 g/mol. The molecule has 4 heteroatoms. The van der Waals surface area contributed by atoms with Crippen molar-refractivity contribution in [3.8, 4) is 0 Å². The van der Waals surface area contributed by atoms with E-state index in [2.05, 4.69) is 5.32 Å². The molecule has 0 aliphatic carbocycles. The van der Waals surface area contributed by atoms with Gasteiger partial charge >= 0.3 is 5.97 Å². The molecule has 13 heavy (non-hydrogen) atoms. The van der Waals surface area contributed by atoms with E-state index in [9.17, 15) is 4.79 Å². The molecule has 78 valence electrons. The summed E-state index contributed by atoms with van der Waals surface area (Å²) in [5.74, 6) is -0.890. The fourth-order valence-electron chi connectivity index (χ4n) is 1.18. The van der Waals surface area contributed by atoms with E-state index in [4.69, 9.17) is 9.84 Å². The van der Waals surface area contributed by atoms with Gasteiger partial charge in [0.25, 0.3) is 0 Å². The van der Waals surface area contributed by atoms with E-state index in [1.807, 2.05) is 20.8 Å². The van der Waals surface area contributed by atoms with Gasteiger partial charge in [0.15, 0.2) is 0 Å². The van der Waals surface area contributed by atoms with Gasteiger partial charge in [0, 0.05) is 0 Å². The molecule has 0 rings (SSSR count). The Hall–Kier alpha value is -0.610. The minimum atomic E-state index is -0.890. The Labute approximate surface area is 79.3 Å². The topological polar surface area (TPSA) is 58.6 Å². The largest absolute Gasteiger partial charge is 0.480 e. The maximum atomic E-state index is 10.7. The van der Waals surface area contributed by atoms with Gasteiger partial charge in [0.1, 0.15) is 6.04 Å². The number of carboxylic acid groups (broad SMARTS) is 1. The minimum absolute atomic E-state index is 0.316. The van der Waals surface area contributed by atoms with Crippen LogP contribution in [0.4, 0.5) is 0 Å². The molecule has 2 atom stereocenters. The lowest BCUT2D eigenvalue weighted by molar-refractivity contribution is -0.147. The SMILES string of the molecule is CN[C@@H](C(=O)O)C(C)OC(C)(C)C. The van der Waals surface area contributed by atoms with Crippen molar-refractivity contribution in [3.63, 3.8) is 0 Å². The Morgan fingerprint density at radius 3 is 2.15 bits per heavy atom. The average Bonchev–Trinajstić information content (AvgIpc) is 1.82. The van der Waals surface area contributed by atoms with Crippen LogP contribution in [0.15, 0.2) is 0 Å². The highest BCUT2D eigenvalue weighted by Crippen LogP contribution is 2.12. The molecule has 0 aromatic carbocycles. The lowest BCUT2D eigenvalue weighted by Crippen LogP contribution is -2.46. The third kappa shape index (κ3) is 4.85. The molecule has 0 saturated heterocycles. The van der Waals surface area contributed by atoms with Crippen LogP contribution in [0, 0.1) is 0 Å². The molecule has 0 spiro atoms. The summed E-state index contributed by atoms with van der Waals surface area (Å²) in [6.45, 7) is 7.45. The smallest absolute Gasteiger partial charge is 0.323 e. The molecule has 0 fully saturated rings. The third-order valence-corrected chi connectivity index (χ3v) is 1.59. The van der Waals surface area contributed by atoms with E-state index in [1.165, 1.54) is 0 Å². The van der Waals surface area contributed by atoms with Crippen LogP contribution in [0.5, 0.6) is 0 Å². The van der Waals surface area contributed by atoms with Gasteiger partial charge in [0.2, 0.25) is 0 Å². The maximum Gasteiger partial charge on any atom is 0.323 e. The first-order valence-electron chi connectivity index (χ1n) is 4.36. The summed E-state index contributed by atoms with van der Waals surface area (Å²) in [5, 5.41) is 11.5. The van der Waals surface area contributed by atoms with Crippen LogP contribution in [-0.4, -0.2) is 35.9 Å². The number of nitrogens with one attached hydrogen (secondary N) is 1. The lowest BCUT2D eigenvalue weighted by atomic mass is 10.1. The second kappa shape index (κ2) is 4.58. The van der Waals surface area contributed by atoms with Gasteiger partial charge in [-0.1, -0.05) is 0 Å². The standard InChI is InChI=1S/C9H19NO3/c1-6(13-9(2,3)4)7(10-5)8(11)12/h6-7,10H,1-5H3,(H,11,12)/t6?,7-/m1/s1. The molecular formula is C9H19NO3. The van der Waals surface area contributed by atoms with Crippen molar-refractivity contribution < 1.29 is 14.6 Å². The van der Waals surface area contributed by atoms with Gasteiger partial charge in [-0.2, -0.15) is 0 Å². The van der Waals surface area contributed by atoms with Crippen LogP contribution >= 0.6 is 0 Å². The van der Waals surface area contributed by atoms with Gasteiger partial charge in [-0.3, -0.25) is 4.79 Å². The van der Waals surface area contributed by atoms with Gasteiger partial charge in [0.05, 0.1) is 11.7 Å². The number of rotatable bonds is 4. The Bertz CT molecular complexity index is 174. The van der Waals surface area contributed by atoms with Crippen LogP contribution < -0.4 is 5.32 Å². The molecule has 4 nitrogen and oxygen atoms in total. The quantitative estimate of drug-likeness (QED) is 0.688. The second-order valence-electron chi connectivity index (χ2n) is 4.04. The summed E-state index contributed by atoms with van der Waals surface area (Å²) in [5.41, 5.74) is -0.316. The maximum absolute atomic E-state index is 10.7. The number of aliphatic carboxylic acids is 1. The van der Waals surface area contributed by atoms with E-state index in [-0.39, 0.29) is 11.7 Å². The molecule has 0 aliphatic heterocycles. The zero-order chi connectivity index (χ0) is 10.6. The normalized spacial score (nSPS) is 16.7. The Kier molecular flexibility index (Phi) is 4.36. The van der Waals surface area contributed by atoms with Crippen molar-refractivity contribution in [3.05, 3.63) is 0 Å². The van der Waals surface area contributed by atoms with E-state index >= 15 is 0 Å². The van der Waals surface area contributed by atoms with Crippen molar-refractivity contribution in [1.82, 2.24) is 5.32 Å². The van der Waals surface area contributed by atoms with Crippen LogP contribution in [0.25, 0.3) is 0 Å². The Balaban J connectivity index is 4.22. The molecule has 0 radical (unpaired) electrons. The van der Waals surface area contributed by atoms with Crippen LogP contribution in [0.1, 0.15) is 27.7 Å². The number of hydrogen-bond donors (Lipinski definition) is 2. The molecule has 2 N–H and O–H groups in total. The third-order valence-electron chi connectivity index (χ3n) is 1.59. The fraction of sp³-hybridized carbons (Fsp3) is 0.889. The van der Waals surface area contributed by atoms with Crippen molar-refractivity contribution >= 4 is 5.97 Å². The van der Waals surface area contributed by atoms with E-state index in [0.29, 0.717) is 0 Å². The van der Waals surface area contributed by atoms with E-state index in [1.54, 1.807) is 14.0 Å². The first-order valence-corrected chi connectivity index (χ1v) is 4.36.